The molecule has 0 atom stereocenters. The Morgan fingerprint density at radius 2 is 2.07 bits per heavy atom. The molecular weight excluding hydrogens is 432 g/mol. The van der Waals surface area contributed by atoms with E-state index in [2.05, 4.69) is 10.3 Å². The summed E-state index contributed by atoms with van der Waals surface area (Å²) in [6, 6.07) is 11.9. The van der Waals surface area contributed by atoms with E-state index in [1.54, 1.807) is 18.2 Å². The number of imidazole rings is 1. The first-order valence-corrected chi connectivity index (χ1v) is 11.9. The van der Waals surface area contributed by atoms with Crippen LogP contribution in [0.2, 0.25) is 5.02 Å². The summed E-state index contributed by atoms with van der Waals surface area (Å²) in [6.45, 7) is 3.14. The van der Waals surface area contributed by atoms with Crippen molar-refractivity contribution in [3.05, 3.63) is 53.1 Å². The van der Waals surface area contributed by atoms with Crippen LogP contribution in [0.1, 0.15) is 18.9 Å². The van der Waals surface area contributed by atoms with E-state index in [-0.39, 0.29) is 16.6 Å². The van der Waals surface area contributed by atoms with Gasteiger partial charge in [0, 0.05) is 18.1 Å². The molecule has 0 aliphatic heterocycles. The summed E-state index contributed by atoms with van der Waals surface area (Å²) in [5, 5.41) is 9.35. The number of benzene rings is 2. The number of hydrogen-bond donors (Lipinski definition) is 2. The van der Waals surface area contributed by atoms with E-state index in [1.165, 1.54) is 23.9 Å². The molecule has 0 fully saturated rings. The van der Waals surface area contributed by atoms with Crippen molar-refractivity contribution in [2.75, 3.05) is 5.75 Å². The number of nitrogens with one attached hydrogen (secondary N) is 1. The second-order valence-corrected chi connectivity index (χ2v) is 9.38. The normalized spacial score (nSPS) is 11.7. The molecule has 29 heavy (non-hydrogen) atoms. The Bertz CT molecular complexity index is 1150. The largest absolute Gasteiger partial charge is 0.351 e. The van der Waals surface area contributed by atoms with Crippen molar-refractivity contribution in [3.63, 3.8) is 0 Å². The van der Waals surface area contributed by atoms with Crippen molar-refractivity contribution in [1.29, 1.82) is 0 Å². The van der Waals surface area contributed by atoms with Crippen LogP contribution >= 0.6 is 23.4 Å². The molecule has 7 nitrogen and oxygen atoms in total. The highest BCUT2D eigenvalue weighted by Gasteiger charge is 2.16. The lowest BCUT2D eigenvalue weighted by Crippen LogP contribution is -2.24. The first-order valence-electron chi connectivity index (χ1n) is 8.95. The Balaban J connectivity index is 1.72. The van der Waals surface area contributed by atoms with E-state index in [4.69, 9.17) is 16.7 Å². The molecule has 1 heterocycles. The Kier molecular flexibility index (Phi) is 6.84. The summed E-state index contributed by atoms with van der Waals surface area (Å²) in [4.78, 5) is 16.8. The number of hydrogen-bond acceptors (Lipinski definition) is 5. The molecule has 3 aromatic rings. The van der Waals surface area contributed by atoms with Gasteiger partial charge in [0.25, 0.3) is 0 Å². The van der Waals surface area contributed by atoms with Crippen LogP contribution in [-0.2, 0) is 27.9 Å². The molecule has 0 radical (unpaired) electrons. The molecule has 0 spiro atoms. The summed E-state index contributed by atoms with van der Waals surface area (Å²) < 4.78 is 25.2. The number of primary sulfonamides is 1. The van der Waals surface area contributed by atoms with Crippen LogP contribution in [0.15, 0.2) is 52.5 Å². The van der Waals surface area contributed by atoms with E-state index in [9.17, 15) is 13.2 Å². The molecule has 2 aromatic carbocycles. The third-order valence-corrected chi connectivity index (χ3v) is 6.29. The summed E-state index contributed by atoms with van der Waals surface area (Å²) in [5.74, 6) is 0.0608. The molecule has 3 rings (SSSR count). The van der Waals surface area contributed by atoms with Crippen molar-refractivity contribution in [2.45, 2.75) is 36.5 Å². The van der Waals surface area contributed by atoms with Gasteiger partial charge in [-0.1, -0.05) is 42.4 Å². The monoisotopic (exact) mass is 452 g/mol. The first-order chi connectivity index (χ1) is 13.8. The van der Waals surface area contributed by atoms with E-state index >= 15 is 0 Å². The standard InChI is InChI=1S/C19H21ClN4O3S2/c1-2-8-24-17-7-6-15(29(21,26)27)10-16(17)23-19(24)28-12-18(25)22-11-13-4-3-5-14(20)9-13/h3-7,9-10H,2,8,11-12H2,1H3,(H,22,25)(H2,21,26,27). The molecule has 154 valence electrons. The first kappa shape index (κ1) is 21.6. The molecule has 0 bridgehead atoms. The second kappa shape index (κ2) is 9.17. The Labute approximate surface area is 178 Å². The number of halogens is 1. The van der Waals surface area contributed by atoms with Gasteiger partial charge in [-0.25, -0.2) is 18.5 Å². The minimum absolute atomic E-state index is 0.0157. The summed E-state index contributed by atoms with van der Waals surface area (Å²) in [5.41, 5.74) is 2.26. The molecule has 0 aliphatic carbocycles. The molecule has 0 saturated carbocycles. The van der Waals surface area contributed by atoms with Crippen LogP contribution in [0.25, 0.3) is 11.0 Å². The molecule has 1 amide bonds. The number of carbonyl (C=O) groups is 1. The van der Waals surface area contributed by atoms with Gasteiger partial charge in [-0.2, -0.15) is 0 Å². The number of nitrogens with zero attached hydrogens (tertiary/aromatic N) is 2. The van der Waals surface area contributed by atoms with Crippen molar-refractivity contribution in [3.8, 4) is 0 Å². The SMILES string of the molecule is CCCn1c(SCC(=O)NCc2cccc(Cl)c2)nc2cc(S(N)(=O)=O)ccc21. The average Bonchev–Trinajstić information content (AvgIpc) is 3.01. The van der Waals surface area contributed by atoms with Crippen molar-refractivity contribution < 1.29 is 13.2 Å². The van der Waals surface area contributed by atoms with Crippen LogP contribution in [0.4, 0.5) is 0 Å². The fourth-order valence-corrected chi connectivity index (χ4v) is 4.46. The highest BCUT2D eigenvalue weighted by Crippen LogP contribution is 2.26. The van der Waals surface area contributed by atoms with Gasteiger partial charge in [0.2, 0.25) is 15.9 Å². The minimum atomic E-state index is -3.80. The number of carbonyl (C=O) groups excluding carboxylic acids is 1. The fraction of sp³-hybridized carbons (Fsp3) is 0.263. The van der Waals surface area contributed by atoms with Gasteiger partial charge >= 0.3 is 0 Å². The number of rotatable bonds is 8. The molecule has 0 aliphatic rings. The smallest absolute Gasteiger partial charge is 0.238 e. The van der Waals surface area contributed by atoms with E-state index in [1.807, 2.05) is 23.6 Å². The summed E-state index contributed by atoms with van der Waals surface area (Å²) in [6.07, 6.45) is 0.872. The molecule has 1 aromatic heterocycles. The molecule has 0 saturated heterocycles. The molecule has 3 N–H and O–H groups in total. The number of nitrogens with two attached hydrogens (primary N) is 1. The van der Waals surface area contributed by atoms with Crippen molar-refractivity contribution in [1.82, 2.24) is 14.9 Å². The lowest BCUT2D eigenvalue weighted by atomic mass is 10.2. The van der Waals surface area contributed by atoms with Crippen LogP contribution < -0.4 is 10.5 Å². The van der Waals surface area contributed by atoms with Gasteiger partial charge in [-0.3, -0.25) is 4.79 Å². The highest BCUT2D eigenvalue weighted by molar-refractivity contribution is 7.99. The Morgan fingerprint density at radius 1 is 1.28 bits per heavy atom. The molecule has 10 heteroatoms. The zero-order valence-corrected chi connectivity index (χ0v) is 18.1. The Hall–Kier alpha value is -2.07. The number of amides is 1. The van der Waals surface area contributed by atoms with Crippen LogP contribution in [0, 0.1) is 0 Å². The number of aromatic nitrogens is 2. The quantitative estimate of drug-likeness (QED) is 0.510. The minimum Gasteiger partial charge on any atom is -0.351 e. The number of aryl methyl sites for hydroxylation is 1. The summed E-state index contributed by atoms with van der Waals surface area (Å²) in [7, 11) is -3.80. The molecule has 0 unspecified atom stereocenters. The van der Waals surface area contributed by atoms with Gasteiger partial charge in [0.1, 0.15) is 0 Å². The number of thioether (sulfide) groups is 1. The van der Waals surface area contributed by atoms with Gasteiger partial charge in [-0.15, -0.1) is 0 Å². The fourth-order valence-electron chi connectivity index (χ4n) is 2.84. The van der Waals surface area contributed by atoms with Gasteiger partial charge < -0.3 is 9.88 Å². The highest BCUT2D eigenvalue weighted by atomic mass is 35.5. The third-order valence-electron chi connectivity index (χ3n) is 4.17. The van der Waals surface area contributed by atoms with Gasteiger partial charge in [0.15, 0.2) is 5.16 Å². The van der Waals surface area contributed by atoms with E-state index in [0.717, 1.165) is 17.5 Å². The maximum atomic E-state index is 12.2. The Morgan fingerprint density at radius 3 is 2.76 bits per heavy atom. The van der Waals surface area contributed by atoms with Crippen molar-refractivity contribution >= 4 is 50.3 Å². The third kappa shape index (κ3) is 5.51. The second-order valence-electron chi connectivity index (χ2n) is 6.44. The van der Waals surface area contributed by atoms with E-state index in [0.29, 0.717) is 28.8 Å². The topological polar surface area (TPSA) is 107 Å². The molecular formula is C19H21ClN4O3S2. The zero-order chi connectivity index (χ0) is 21.0. The van der Waals surface area contributed by atoms with E-state index < -0.39 is 10.0 Å². The van der Waals surface area contributed by atoms with Gasteiger partial charge in [0.05, 0.1) is 21.7 Å². The lowest BCUT2D eigenvalue weighted by molar-refractivity contribution is -0.118. The maximum absolute atomic E-state index is 12.2. The average molecular weight is 453 g/mol. The predicted molar refractivity (Wildman–Crippen MR) is 115 cm³/mol. The van der Waals surface area contributed by atoms with Crippen LogP contribution in [-0.4, -0.2) is 29.6 Å². The lowest BCUT2D eigenvalue weighted by Gasteiger charge is -2.08. The zero-order valence-electron chi connectivity index (χ0n) is 15.8. The number of fused-ring (bicyclic) bond motifs is 1. The maximum Gasteiger partial charge on any atom is 0.238 e. The van der Waals surface area contributed by atoms with Crippen LogP contribution in [0.5, 0.6) is 0 Å². The van der Waals surface area contributed by atoms with Crippen LogP contribution in [0.3, 0.4) is 0 Å². The summed E-state index contributed by atoms with van der Waals surface area (Å²) >= 11 is 7.26. The number of sulfonamides is 1. The van der Waals surface area contributed by atoms with Crippen molar-refractivity contribution in [2.24, 2.45) is 5.14 Å². The van der Waals surface area contributed by atoms with Gasteiger partial charge in [-0.05, 0) is 42.3 Å². The predicted octanol–water partition coefficient (Wildman–Crippen LogP) is 3.16.